The molecule has 4 N–H and O–H groups in total. The molecule has 1 saturated heterocycles. The number of fused-ring (bicyclic) bond motifs is 2. The van der Waals surface area contributed by atoms with Gasteiger partial charge in [0.1, 0.15) is 23.7 Å². The molecule has 7 rings (SSSR count). The van der Waals surface area contributed by atoms with E-state index < -0.39 is 53.4 Å². The molecule has 2 aliphatic heterocycles. The van der Waals surface area contributed by atoms with E-state index in [9.17, 15) is 28.8 Å². The highest BCUT2D eigenvalue weighted by atomic mass is 16.6. The first-order chi connectivity index (χ1) is 26.6. The second-order valence-electron chi connectivity index (χ2n) is 14.9. The van der Waals surface area contributed by atoms with Crippen molar-refractivity contribution in [2.24, 2.45) is 5.92 Å². The van der Waals surface area contributed by atoms with Crippen LogP contribution >= 0.6 is 0 Å². The molecule has 14 heteroatoms. The van der Waals surface area contributed by atoms with Crippen molar-refractivity contribution in [3.63, 3.8) is 0 Å². The van der Waals surface area contributed by atoms with Crippen molar-refractivity contribution in [2.45, 2.75) is 101 Å². The third-order valence-corrected chi connectivity index (χ3v) is 11.1. The fraction of sp³-hybridized carbons (Fsp3) is 0.439. The number of nitrogens with zero attached hydrogens (tertiary/aromatic N) is 3. The van der Waals surface area contributed by atoms with Crippen molar-refractivity contribution in [2.75, 3.05) is 6.54 Å². The minimum absolute atomic E-state index is 0.0204. The number of ether oxygens (including phenoxy) is 1. The van der Waals surface area contributed by atoms with Gasteiger partial charge in [0.2, 0.25) is 17.7 Å². The molecule has 0 radical (unpaired) electrons. The van der Waals surface area contributed by atoms with Crippen molar-refractivity contribution in [1.82, 2.24) is 36.2 Å². The van der Waals surface area contributed by atoms with E-state index in [-0.39, 0.29) is 30.5 Å². The lowest BCUT2D eigenvalue weighted by atomic mass is 9.97. The van der Waals surface area contributed by atoms with E-state index in [1.165, 1.54) is 16.5 Å². The van der Waals surface area contributed by atoms with Crippen LogP contribution in [0.3, 0.4) is 0 Å². The standard InChI is InChI=1S/C41H47N7O7/c1-26(49)45-46-39(53)41-23-29(41)18-10-2-3-11-21-33(43-40(54)55-31-19-12-13-20-31)37(51)47-25-30(22-34(47)36(50)44-41)48-38(52)35(28-16-8-5-9-17-28)32(24-42-48)27-14-6-4-7-15-27/h4-10,14-18,24,29-31,33-34H,2-3,11-13,19-23,25H2,1H3,(H,43,54)(H,44,50)(H,45,49)(H,46,53)/b18-10-/t29-,30-,33+,34+,41-/m1/s1. The summed E-state index contributed by atoms with van der Waals surface area (Å²) in [5.74, 6) is -2.47. The van der Waals surface area contributed by atoms with Gasteiger partial charge in [0.05, 0.1) is 17.8 Å². The second-order valence-corrected chi connectivity index (χ2v) is 14.9. The summed E-state index contributed by atoms with van der Waals surface area (Å²) in [5.41, 5.74) is 5.56. The summed E-state index contributed by atoms with van der Waals surface area (Å²) < 4.78 is 7.01. The number of nitrogens with one attached hydrogen (secondary N) is 4. The van der Waals surface area contributed by atoms with Gasteiger partial charge in [0.15, 0.2) is 0 Å². The van der Waals surface area contributed by atoms with Crippen LogP contribution in [0, 0.1) is 5.92 Å². The van der Waals surface area contributed by atoms with Gasteiger partial charge in [-0.3, -0.25) is 34.8 Å². The average molecular weight is 750 g/mol. The molecule has 2 saturated carbocycles. The Morgan fingerprint density at radius 2 is 1.58 bits per heavy atom. The smallest absolute Gasteiger partial charge is 0.408 e. The molecule has 3 fully saturated rings. The van der Waals surface area contributed by atoms with Crippen molar-refractivity contribution >= 4 is 29.7 Å². The third kappa shape index (κ3) is 8.18. The van der Waals surface area contributed by atoms with Gasteiger partial charge in [-0.1, -0.05) is 79.2 Å². The Bertz CT molecular complexity index is 2010. The van der Waals surface area contributed by atoms with Crippen LogP contribution in [0.2, 0.25) is 0 Å². The summed E-state index contributed by atoms with van der Waals surface area (Å²) in [4.78, 5) is 83.3. The number of carbonyl (C=O) groups is 5. The maximum atomic E-state index is 14.6. The van der Waals surface area contributed by atoms with Crippen molar-refractivity contribution < 1.29 is 28.7 Å². The molecule has 14 nitrogen and oxygen atoms in total. The van der Waals surface area contributed by atoms with E-state index in [0.29, 0.717) is 48.8 Å². The minimum Gasteiger partial charge on any atom is -0.446 e. The molecule has 288 valence electrons. The Labute approximate surface area is 319 Å². The Morgan fingerprint density at radius 1 is 0.891 bits per heavy atom. The van der Waals surface area contributed by atoms with E-state index in [4.69, 9.17) is 4.74 Å². The lowest BCUT2D eigenvalue weighted by Gasteiger charge is -2.30. The van der Waals surface area contributed by atoms with Gasteiger partial charge in [-0.05, 0) is 62.5 Å². The summed E-state index contributed by atoms with van der Waals surface area (Å²) in [5, 5.41) is 10.4. The highest BCUT2D eigenvalue weighted by molar-refractivity contribution is 5.99. The predicted molar refractivity (Wildman–Crippen MR) is 203 cm³/mol. The number of allylic oxidation sites excluding steroid dienone is 1. The monoisotopic (exact) mass is 749 g/mol. The molecule has 0 unspecified atom stereocenters. The molecule has 3 aromatic rings. The van der Waals surface area contributed by atoms with Gasteiger partial charge in [0, 0.05) is 31.4 Å². The van der Waals surface area contributed by atoms with Crippen LogP contribution in [0.15, 0.2) is 83.8 Å². The highest BCUT2D eigenvalue weighted by Crippen LogP contribution is 2.45. The molecular formula is C41H47N7O7. The zero-order valence-corrected chi connectivity index (χ0v) is 30.9. The summed E-state index contributed by atoms with van der Waals surface area (Å²) in [6.07, 6.45) is 10.7. The van der Waals surface area contributed by atoms with Gasteiger partial charge < -0.3 is 20.3 Å². The van der Waals surface area contributed by atoms with Gasteiger partial charge in [-0.25, -0.2) is 9.48 Å². The van der Waals surface area contributed by atoms with E-state index in [2.05, 4.69) is 26.6 Å². The van der Waals surface area contributed by atoms with E-state index in [1.807, 2.05) is 72.8 Å². The lowest BCUT2D eigenvalue weighted by molar-refractivity contribution is -0.141. The van der Waals surface area contributed by atoms with Crippen molar-refractivity contribution in [3.05, 3.63) is 89.4 Å². The van der Waals surface area contributed by atoms with Crippen LogP contribution in [0.5, 0.6) is 0 Å². The molecule has 2 aliphatic carbocycles. The van der Waals surface area contributed by atoms with Gasteiger partial charge >= 0.3 is 6.09 Å². The Balaban J connectivity index is 1.24. The highest BCUT2D eigenvalue weighted by Gasteiger charge is 2.61. The second kappa shape index (κ2) is 16.3. The van der Waals surface area contributed by atoms with Gasteiger partial charge in [0.25, 0.3) is 11.5 Å². The number of hydrogen-bond acceptors (Lipinski definition) is 8. The number of rotatable bonds is 6. The molecule has 0 spiro atoms. The third-order valence-electron chi connectivity index (χ3n) is 11.1. The first kappa shape index (κ1) is 37.5. The number of aromatic nitrogens is 2. The number of hydrogen-bond donors (Lipinski definition) is 4. The fourth-order valence-corrected chi connectivity index (χ4v) is 8.13. The summed E-state index contributed by atoms with van der Waals surface area (Å²) >= 11 is 0. The van der Waals surface area contributed by atoms with Crippen LogP contribution in [-0.2, 0) is 23.9 Å². The van der Waals surface area contributed by atoms with Crippen LogP contribution in [0.1, 0.15) is 77.2 Å². The molecule has 1 aromatic heterocycles. The molecule has 2 aromatic carbocycles. The van der Waals surface area contributed by atoms with E-state index in [0.717, 1.165) is 31.2 Å². The lowest BCUT2D eigenvalue weighted by Crippen LogP contribution is -2.59. The zero-order valence-electron chi connectivity index (χ0n) is 30.9. The maximum Gasteiger partial charge on any atom is 0.408 e. The quantitative estimate of drug-likeness (QED) is 0.216. The minimum atomic E-state index is -1.36. The Kier molecular flexibility index (Phi) is 11.1. The number of amides is 5. The molecule has 5 atom stereocenters. The zero-order chi connectivity index (χ0) is 38.5. The predicted octanol–water partition coefficient (Wildman–Crippen LogP) is 3.93. The summed E-state index contributed by atoms with van der Waals surface area (Å²) in [7, 11) is 0. The average Bonchev–Trinajstić information content (AvgIpc) is 3.47. The Morgan fingerprint density at radius 3 is 2.29 bits per heavy atom. The number of alkyl carbamates (subject to hydrolysis) is 1. The molecule has 5 amide bonds. The maximum absolute atomic E-state index is 14.6. The molecular weight excluding hydrogens is 702 g/mol. The molecule has 0 bridgehead atoms. The van der Waals surface area contributed by atoms with Crippen molar-refractivity contribution in [1.29, 1.82) is 0 Å². The fourth-order valence-electron chi connectivity index (χ4n) is 8.13. The molecule has 55 heavy (non-hydrogen) atoms. The first-order valence-electron chi connectivity index (χ1n) is 19.2. The summed E-state index contributed by atoms with van der Waals surface area (Å²) in [6, 6.07) is 15.9. The Hall–Kier alpha value is -5.79. The van der Waals surface area contributed by atoms with Crippen molar-refractivity contribution in [3.8, 4) is 22.3 Å². The largest absolute Gasteiger partial charge is 0.446 e. The number of carbonyl (C=O) groups excluding carboxylic acids is 5. The van der Waals surface area contributed by atoms with Crippen LogP contribution in [0.4, 0.5) is 4.79 Å². The normalized spacial score (nSPS) is 26.1. The molecule has 3 heterocycles. The number of hydrazine groups is 1. The van der Waals surface area contributed by atoms with E-state index in [1.54, 1.807) is 6.20 Å². The van der Waals surface area contributed by atoms with Crippen LogP contribution in [0.25, 0.3) is 22.3 Å². The SMILES string of the molecule is CC(=O)NNC(=O)[C@@]12C[C@H]1/C=C\CCCC[C@H](NC(=O)OC1CCCC1)C(=O)N1C[C@H](n3ncc(-c4ccccc4)c(-c4ccccc4)c3=O)C[C@H]1C(=O)N2. The summed E-state index contributed by atoms with van der Waals surface area (Å²) in [6.45, 7) is 1.21. The van der Waals surface area contributed by atoms with Crippen LogP contribution < -0.4 is 27.0 Å². The van der Waals surface area contributed by atoms with Gasteiger partial charge in [-0.15, -0.1) is 0 Å². The first-order valence-corrected chi connectivity index (χ1v) is 19.2. The topological polar surface area (TPSA) is 181 Å². The van der Waals surface area contributed by atoms with Gasteiger partial charge in [-0.2, -0.15) is 5.10 Å². The van der Waals surface area contributed by atoms with Crippen LogP contribution in [-0.4, -0.2) is 74.7 Å². The number of benzene rings is 2. The molecule has 4 aliphatic rings. The van der Waals surface area contributed by atoms with E-state index >= 15 is 0 Å².